The van der Waals surface area contributed by atoms with Gasteiger partial charge in [0.05, 0.1) is 19.3 Å². The molecule has 1 aromatic carbocycles. The first-order valence-corrected chi connectivity index (χ1v) is 8.45. The lowest BCUT2D eigenvalue weighted by atomic mass is 10.1. The van der Waals surface area contributed by atoms with Crippen molar-refractivity contribution in [3.8, 4) is 5.75 Å². The van der Waals surface area contributed by atoms with Crippen molar-refractivity contribution in [1.29, 1.82) is 0 Å². The zero-order valence-electron chi connectivity index (χ0n) is 13.9. The summed E-state index contributed by atoms with van der Waals surface area (Å²) in [5, 5.41) is 13.0. The molecule has 0 aliphatic heterocycles. The van der Waals surface area contributed by atoms with Crippen LogP contribution in [0.15, 0.2) is 18.2 Å². The van der Waals surface area contributed by atoms with Crippen LogP contribution in [0, 0.1) is 5.92 Å². The van der Waals surface area contributed by atoms with Crippen molar-refractivity contribution in [3.63, 3.8) is 0 Å². The lowest BCUT2D eigenvalue weighted by Gasteiger charge is -2.25. The number of nitrogens with zero attached hydrogens (tertiary/aromatic N) is 1. The number of methoxy groups -OCH3 is 1. The highest BCUT2D eigenvalue weighted by Crippen LogP contribution is 2.36. The Hall–Kier alpha value is -1.75. The second kappa shape index (κ2) is 6.79. The summed E-state index contributed by atoms with van der Waals surface area (Å²) in [5.41, 5.74) is 2.36. The van der Waals surface area contributed by atoms with Crippen LogP contribution in [0.5, 0.6) is 5.75 Å². The number of hydrogen-bond acceptors (Lipinski definition) is 3. The van der Waals surface area contributed by atoms with Crippen LogP contribution < -0.4 is 10.1 Å². The first-order chi connectivity index (χ1) is 11.1. The number of rotatable bonds is 4. The van der Waals surface area contributed by atoms with Gasteiger partial charge in [-0.05, 0) is 42.9 Å². The SMILES string of the molecule is COc1cccc2c1CCC2NC(=O)N(C)CC1CCCC1O. The summed E-state index contributed by atoms with van der Waals surface area (Å²) < 4.78 is 5.41. The van der Waals surface area contributed by atoms with Gasteiger partial charge >= 0.3 is 6.03 Å². The van der Waals surface area contributed by atoms with Gasteiger partial charge in [0.15, 0.2) is 0 Å². The molecule has 5 heteroatoms. The minimum atomic E-state index is -0.262. The smallest absolute Gasteiger partial charge is 0.317 e. The van der Waals surface area contributed by atoms with E-state index in [2.05, 4.69) is 11.4 Å². The highest BCUT2D eigenvalue weighted by molar-refractivity contribution is 5.74. The Kier molecular flexibility index (Phi) is 4.76. The standard InChI is InChI=1S/C18H26N2O3/c1-20(11-12-5-3-7-16(12)21)18(22)19-15-10-9-14-13(15)6-4-8-17(14)23-2/h4,6,8,12,15-16,21H,3,5,7,9-11H2,1-2H3,(H,19,22). The third-order valence-electron chi connectivity index (χ3n) is 5.22. The molecule has 3 unspecified atom stereocenters. The number of aliphatic hydroxyl groups is 1. The van der Waals surface area contributed by atoms with Gasteiger partial charge in [-0.25, -0.2) is 4.79 Å². The number of fused-ring (bicyclic) bond motifs is 1. The quantitative estimate of drug-likeness (QED) is 0.896. The molecule has 3 atom stereocenters. The highest BCUT2D eigenvalue weighted by atomic mass is 16.5. The maximum absolute atomic E-state index is 12.5. The van der Waals surface area contributed by atoms with Crippen LogP contribution in [0.2, 0.25) is 0 Å². The van der Waals surface area contributed by atoms with Gasteiger partial charge in [-0.15, -0.1) is 0 Å². The Morgan fingerprint density at radius 3 is 2.91 bits per heavy atom. The average molecular weight is 318 g/mol. The molecule has 0 heterocycles. The minimum Gasteiger partial charge on any atom is -0.496 e. The second-order valence-electron chi connectivity index (χ2n) is 6.71. The van der Waals surface area contributed by atoms with Gasteiger partial charge in [-0.2, -0.15) is 0 Å². The van der Waals surface area contributed by atoms with E-state index in [0.717, 1.165) is 43.4 Å². The topological polar surface area (TPSA) is 61.8 Å². The van der Waals surface area contributed by atoms with Gasteiger partial charge in [0, 0.05) is 19.5 Å². The summed E-state index contributed by atoms with van der Waals surface area (Å²) in [7, 11) is 3.49. The third kappa shape index (κ3) is 3.29. The van der Waals surface area contributed by atoms with Crippen LogP contribution in [0.3, 0.4) is 0 Å². The van der Waals surface area contributed by atoms with Crippen LogP contribution in [-0.2, 0) is 6.42 Å². The summed E-state index contributed by atoms with van der Waals surface area (Å²) in [5.74, 6) is 1.11. The number of hydrogen-bond donors (Lipinski definition) is 2. The minimum absolute atomic E-state index is 0.0450. The number of carbonyl (C=O) groups excluding carboxylic acids is 1. The number of amides is 2. The zero-order chi connectivity index (χ0) is 16.4. The molecule has 2 N–H and O–H groups in total. The van der Waals surface area contributed by atoms with E-state index in [1.165, 1.54) is 5.56 Å². The predicted molar refractivity (Wildman–Crippen MR) is 88.6 cm³/mol. The van der Waals surface area contributed by atoms with E-state index in [9.17, 15) is 9.90 Å². The Morgan fingerprint density at radius 1 is 1.39 bits per heavy atom. The first kappa shape index (κ1) is 16.1. The summed E-state index contributed by atoms with van der Waals surface area (Å²) in [6.45, 7) is 0.616. The normalized spacial score (nSPS) is 26.0. The Bertz CT molecular complexity index is 575. The lowest BCUT2D eigenvalue weighted by molar-refractivity contribution is 0.113. The van der Waals surface area contributed by atoms with Crippen molar-refractivity contribution < 1.29 is 14.6 Å². The van der Waals surface area contributed by atoms with Crippen molar-refractivity contribution in [2.45, 2.75) is 44.2 Å². The van der Waals surface area contributed by atoms with Crippen LogP contribution in [0.4, 0.5) is 4.79 Å². The number of urea groups is 1. The van der Waals surface area contributed by atoms with Crippen LogP contribution in [0.25, 0.3) is 0 Å². The third-order valence-corrected chi connectivity index (χ3v) is 5.22. The molecule has 0 bridgehead atoms. The van der Waals surface area contributed by atoms with E-state index in [1.54, 1.807) is 12.0 Å². The molecule has 2 aliphatic carbocycles. The maximum Gasteiger partial charge on any atom is 0.317 e. The van der Waals surface area contributed by atoms with Crippen molar-refractivity contribution in [2.24, 2.45) is 5.92 Å². The van der Waals surface area contributed by atoms with E-state index in [4.69, 9.17) is 4.74 Å². The van der Waals surface area contributed by atoms with Gasteiger partial charge < -0.3 is 20.1 Å². The Labute approximate surface area is 137 Å². The fourth-order valence-electron chi connectivity index (χ4n) is 3.89. The Morgan fingerprint density at radius 2 is 2.22 bits per heavy atom. The summed E-state index contributed by atoms with van der Waals surface area (Å²) >= 11 is 0. The fraction of sp³-hybridized carbons (Fsp3) is 0.611. The predicted octanol–water partition coefficient (Wildman–Crippen LogP) is 2.48. The lowest BCUT2D eigenvalue weighted by Crippen LogP contribution is -2.42. The number of aliphatic hydroxyl groups excluding tert-OH is 1. The molecule has 1 fully saturated rings. The second-order valence-corrected chi connectivity index (χ2v) is 6.71. The van der Waals surface area contributed by atoms with Crippen LogP contribution in [-0.4, -0.2) is 42.8 Å². The molecule has 23 heavy (non-hydrogen) atoms. The molecule has 126 valence electrons. The van der Waals surface area contributed by atoms with E-state index in [0.29, 0.717) is 6.54 Å². The van der Waals surface area contributed by atoms with E-state index < -0.39 is 0 Å². The van der Waals surface area contributed by atoms with Gasteiger partial charge in [0.1, 0.15) is 5.75 Å². The van der Waals surface area contributed by atoms with Crippen molar-refractivity contribution in [1.82, 2.24) is 10.2 Å². The highest BCUT2D eigenvalue weighted by Gasteiger charge is 2.30. The number of carbonyl (C=O) groups is 1. The zero-order valence-corrected chi connectivity index (χ0v) is 13.9. The van der Waals surface area contributed by atoms with E-state index in [-0.39, 0.29) is 24.1 Å². The van der Waals surface area contributed by atoms with Gasteiger partial charge in [0.2, 0.25) is 0 Å². The van der Waals surface area contributed by atoms with Gasteiger partial charge in [-0.1, -0.05) is 18.6 Å². The monoisotopic (exact) mass is 318 g/mol. The molecule has 0 saturated heterocycles. The molecule has 1 aromatic rings. The molecule has 3 rings (SSSR count). The van der Waals surface area contributed by atoms with Crippen LogP contribution >= 0.6 is 0 Å². The van der Waals surface area contributed by atoms with Gasteiger partial charge in [-0.3, -0.25) is 0 Å². The molecule has 0 aromatic heterocycles. The summed E-state index contributed by atoms with van der Waals surface area (Å²) in [4.78, 5) is 14.2. The number of benzene rings is 1. The fourth-order valence-corrected chi connectivity index (χ4v) is 3.89. The van der Waals surface area contributed by atoms with Crippen molar-refractivity contribution in [3.05, 3.63) is 29.3 Å². The molecular weight excluding hydrogens is 292 g/mol. The first-order valence-electron chi connectivity index (χ1n) is 8.45. The van der Waals surface area contributed by atoms with Crippen molar-refractivity contribution in [2.75, 3.05) is 20.7 Å². The summed E-state index contributed by atoms with van der Waals surface area (Å²) in [6, 6.07) is 5.99. The van der Waals surface area contributed by atoms with Gasteiger partial charge in [0.25, 0.3) is 0 Å². The van der Waals surface area contributed by atoms with Crippen LogP contribution in [0.1, 0.15) is 42.9 Å². The molecule has 0 spiro atoms. The molecule has 5 nitrogen and oxygen atoms in total. The molecular formula is C18H26N2O3. The Balaban J connectivity index is 1.61. The number of nitrogens with one attached hydrogen (secondary N) is 1. The molecule has 2 amide bonds. The average Bonchev–Trinajstić information content (AvgIpc) is 3.14. The largest absolute Gasteiger partial charge is 0.496 e. The van der Waals surface area contributed by atoms with Crippen molar-refractivity contribution >= 4 is 6.03 Å². The molecule has 0 radical (unpaired) electrons. The molecule has 1 saturated carbocycles. The van der Waals surface area contributed by atoms with E-state index >= 15 is 0 Å². The molecule has 2 aliphatic rings. The maximum atomic E-state index is 12.5. The van der Waals surface area contributed by atoms with E-state index in [1.807, 2.05) is 19.2 Å². The number of ether oxygens (including phenoxy) is 1. The summed E-state index contributed by atoms with van der Waals surface area (Å²) in [6.07, 6.45) is 4.48.